The van der Waals surface area contributed by atoms with Gasteiger partial charge in [-0.05, 0) is 37.6 Å². The lowest BCUT2D eigenvalue weighted by Crippen LogP contribution is -2.33. The maximum Gasteiger partial charge on any atom is 0.240 e. The first-order valence-corrected chi connectivity index (χ1v) is 10.0. The normalized spacial score (nSPS) is 16.5. The number of nitrogens with zero attached hydrogens (tertiary/aromatic N) is 4. The second-order valence-electron chi connectivity index (χ2n) is 6.29. The monoisotopic (exact) mass is 399 g/mol. The first kappa shape index (κ1) is 17.5. The number of nitriles is 1. The lowest BCUT2D eigenvalue weighted by molar-refractivity contribution is 0.586. The number of halogens is 1. The zero-order valence-electron chi connectivity index (χ0n) is 14.2. The SMILES string of the molecule is CC1=CC[C@@H]1S(=O)(=O)Nc1ccc(Cl)c2cc(-c3cncc(C#N)c3)nn12. The molecule has 9 heteroatoms. The molecule has 0 fully saturated rings. The zero-order chi connectivity index (χ0) is 19.2. The topological polar surface area (TPSA) is 100 Å². The number of anilines is 1. The molecule has 0 saturated carbocycles. The molecule has 0 spiro atoms. The van der Waals surface area contributed by atoms with Crippen molar-refractivity contribution in [3.63, 3.8) is 0 Å². The molecule has 0 aliphatic heterocycles. The van der Waals surface area contributed by atoms with Gasteiger partial charge in [0.25, 0.3) is 0 Å². The summed E-state index contributed by atoms with van der Waals surface area (Å²) < 4.78 is 29.3. The highest BCUT2D eigenvalue weighted by Gasteiger charge is 2.32. The summed E-state index contributed by atoms with van der Waals surface area (Å²) in [4.78, 5) is 4.03. The third-order valence-electron chi connectivity index (χ3n) is 4.52. The second-order valence-corrected chi connectivity index (χ2v) is 8.56. The Kier molecular flexibility index (Phi) is 4.13. The molecule has 1 N–H and O–H groups in total. The fraction of sp³-hybridized carbons (Fsp3) is 0.167. The number of allylic oxidation sites excluding steroid dienone is 1. The summed E-state index contributed by atoms with van der Waals surface area (Å²) in [5.41, 5.74) is 2.96. The zero-order valence-corrected chi connectivity index (χ0v) is 15.8. The molecule has 1 aliphatic carbocycles. The van der Waals surface area contributed by atoms with Gasteiger partial charge >= 0.3 is 0 Å². The molecule has 0 aromatic carbocycles. The lowest BCUT2D eigenvalue weighted by atomic mass is 10.0. The highest BCUT2D eigenvalue weighted by molar-refractivity contribution is 7.93. The van der Waals surface area contributed by atoms with E-state index in [1.165, 1.54) is 10.7 Å². The highest BCUT2D eigenvalue weighted by Crippen LogP contribution is 2.30. The summed E-state index contributed by atoms with van der Waals surface area (Å²) in [6.45, 7) is 1.80. The van der Waals surface area contributed by atoms with Crippen LogP contribution in [-0.2, 0) is 10.0 Å². The highest BCUT2D eigenvalue weighted by atomic mass is 35.5. The summed E-state index contributed by atoms with van der Waals surface area (Å²) in [7, 11) is -3.57. The fourth-order valence-corrected chi connectivity index (χ4v) is 4.66. The molecule has 7 nitrogen and oxygen atoms in total. The van der Waals surface area contributed by atoms with Gasteiger partial charge in [0.2, 0.25) is 10.0 Å². The van der Waals surface area contributed by atoms with Crippen molar-refractivity contribution in [2.24, 2.45) is 0 Å². The average molecular weight is 400 g/mol. The maximum absolute atomic E-state index is 12.6. The standard InChI is InChI=1S/C18H14ClN5O2S/c1-11-2-4-17(11)27(25,26)23-18-5-3-14(19)16-7-15(22-24(16)18)13-6-12(8-20)9-21-10-13/h2-3,5-7,9-10,17,23H,4H2,1H3/t17-/m0/s1. The molecule has 4 rings (SSSR count). The Labute approximate surface area is 161 Å². The van der Waals surface area contributed by atoms with Gasteiger partial charge in [0, 0.05) is 18.0 Å². The van der Waals surface area contributed by atoms with Gasteiger partial charge < -0.3 is 0 Å². The van der Waals surface area contributed by atoms with E-state index >= 15 is 0 Å². The van der Waals surface area contributed by atoms with Gasteiger partial charge in [-0.3, -0.25) is 9.71 Å². The number of sulfonamides is 1. The predicted octanol–water partition coefficient (Wildman–Crippen LogP) is 3.38. The molecule has 1 aliphatic rings. The van der Waals surface area contributed by atoms with Crippen LogP contribution >= 0.6 is 11.6 Å². The van der Waals surface area contributed by atoms with E-state index in [1.807, 2.05) is 12.1 Å². The number of rotatable bonds is 4. The smallest absolute Gasteiger partial charge is 0.240 e. The van der Waals surface area contributed by atoms with Crippen molar-refractivity contribution in [3.05, 3.63) is 58.9 Å². The van der Waals surface area contributed by atoms with Crippen molar-refractivity contribution < 1.29 is 8.42 Å². The third kappa shape index (κ3) is 3.05. The van der Waals surface area contributed by atoms with Crippen molar-refractivity contribution in [2.45, 2.75) is 18.6 Å². The van der Waals surface area contributed by atoms with Gasteiger partial charge in [-0.15, -0.1) is 0 Å². The Morgan fingerprint density at radius 2 is 2.15 bits per heavy atom. The van der Waals surface area contributed by atoms with Crippen LogP contribution in [0.1, 0.15) is 18.9 Å². The van der Waals surface area contributed by atoms with E-state index < -0.39 is 15.3 Å². The first-order valence-electron chi connectivity index (χ1n) is 8.11. The Morgan fingerprint density at radius 3 is 2.81 bits per heavy atom. The minimum Gasteiger partial charge on any atom is -0.267 e. The van der Waals surface area contributed by atoms with Gasteiger partial charge in [0.1, 0.15) is 17.1 Å². The van der Waals surface area contributed by atoms with Gasteiger partial charge in [-0.2, -0.15) is 10.4 Å². The summed E-state index contributed by atoms with van der Waals surface area (Å²) in [5.74, 6) is 0.296. The van der Waals surface area contributed by atoms with Crippen molar-refractivity contribution >= 4 is 33.0 Å². The molecule has 3 heterocycles. The first-order chi connectivity index (χ1) is 12.9. The number of aromatic nitrogens is 3. The molecule has 0 unspecified atom stereocenters. The van der Waals surface area contributed by atoms with Crippen LogP contribution in [-0.4, -0.2) is 28.3 Å². The molecule has 27 heavy (non-hydrogen) atoms. The van der Waals surface area contributed by atoms with E-state index in [-0.39, 0.29) is 0 Å². The number of nitrogens with one attached hydrogen (secondary N) is 1. The molecule has 0 saturated heterocycles. The van der Waals surface area contributed by atoms with Crippen LogP contribution in [0.25, 0.3) is 16.8 Å². The van der Waals surface area contributed by atoms with Crippen LogP contribution in [0.2, 0.25) is 5.02 Å². The van der Waals surface area contributed by atoms with E-state index in [0.717, 1.165) is 5.57 Å². The van der Waals surface area contributed by atoms with Gasteiger partial charge in [0.05, 0.1) is 21.8 Å². The van der Waals surface area contributed by atoms with Crippen LogP contribution in [0.4, 0.5) is 5.82 Å². The van der Waals surface area contributed by atoms with Crippen molar-refractivity contribution in [1.29, 1.82) is 5.26 Å². The molecule has 0 radical (unpaired) electrons. The van der Waals surface area contributed by atoms with E-state index in [4.69, 9.17) is 16.9 Å². The quantitative estimate of drug-likeness (QED) is 0.678. The van der Waals surface area contributed by atoms with Crippen molar-refractivity contribution in [1.82, 2.24) is 14.6 Å². The van der Waals surface area contributed by atoms with Gasteiger partial charge in [-0.1, -0.05) is 23.3 Å². The second kappa shape index (κ2) is 6.37. The predicted molar refractivity (Wildman–Crippen MR) is 103 cm³/mol. The number of hydrogen-bond acceptors (Lipinski definition) is 5. The third-order valence-corrected chi connectivity index (χ3v) is 6.64. The number of hydrogen-bond donors (Lipinski definition) is 1. The van der Waals surface area contributed by atoms with Gasteiger partial charge in [0.15, 0.2) is 0 Å². The summed E-state index contributed by atoms with van der Waals surface area (Å²) in [6, 6.07) is 8.62. The van der Waals surface area contributed by atoms with E-state index in [9.17, 15) is 8.42 Å². The molecule has 3 aromatic heterocycles. The Bertz CT molecular complexity index is 1240. The molecule has 3 aromatic rings. The molecule has 1 atom stereocenters. The van der Waals surface area contributed by atoms with Gasteiger partial charge in [-0.25, -0.2) is 12.9 Å². The molecule has 0 bridgehead atoms. The van der Waals surface area contributed by atoms with E-state index in [2.05, 4.69) is 14.8 Å². The van der Waals surface area contributed by atoms with Crippen LogP contribution in [0.3, 0.4) is 0 Å². The Morgan fingerprint density at radius 1 is 1.33 bits per heavy atom. The average Bonchev–Trinajstić information content (AvgIpc) is 3.09. The summed E-state index contributed by atoms with van der Waals surface area (Å²) >= 11 is 6.27. The Balaban J connectivity index is 1.79. The molecule has 0 amide bonds. The molecular formula is C18H14ClN5O2S. The van der Waals surface area contributed by atoms with E-state index in [1.54, 1.807) is 37.4 Å². The summed E-state index contributed by atoms with van der Waals surface area (Å²) in [5, 5.41) is 13.4. The molecule has 136 valence electrons. The fourth-order valence-electron chi connectivity index (χ4n) is 2.94. The molecular weight excluding hydrogens is 386 g/mol. The Hall–Kier alpha value is -2.89. The van der Waals surface area contributed by atoms with Crippen LogP contribution < -0.4 is 4.72 Å². The number of pyridine rings is 2. The van der Waals surface area contributed by atoms with Crippen molar-refractivity contribution in [3.8, 4) is 17.3 Å². The van der Waals surface area contributed by atoms with Crippen LogP contribution in [0.5, 0.6) is 0 Å². The van der Waals surface area contributed by atoms with Crippen LogP contribution in [0, 0.1) is 11.3 Å². The largest absolute Gasteiger partial charge is 0.267 e. The lowest BCUT2D eigenvalue weighted by Gasteiger charge is -2.25. The maximum atomic E-state index is 12.6. The minimum atomic E-state index is -3.57. The van der Waals surface area contributed by atoms with Crippen molar-refractivity contribution in [2.75, 3.05) is 4.72 Å². The summed E-state index contributed by atoms with van der Waals surface area (Å²) in [6.07, 6.45) is 5.43. The van der Waals surface area contributed by atoms with E-state index in [0.29, 0.717) is 39.6 Å². The number of fused-ring (bicyclic) bond motifs is 1. The minimum absolute atomic E-state index is 0.296. The van der Waals surface area contributed by atoms with Crippen LogP contribution in [0.15, 0.2) is 48.3 Å².